The van der Waals surface area contributed by atoms with E-state index in [2.05, 4.69) is 116 Å². The van der Waals surface area contributed by atoms with Gasteiger partial charge in [0.25, 0.3) is 0 Å². The number of hydrogen-bond acceptors (Lipinski definition) is 8. The summed E-state index contributed by atoms with van der Waals surface area (Å²) in [6.07, 6.45) is 53.2. The second-order valence-corrected chi connectivity index (χ2v) is 16.5. The molecule has 7 unspecified atom stereocenters. The zero-order valence-corrected chi connectivity index (χ0v) is 38.8. The van der Waals surface area contributed by atoms with Crippen LogP contribution < -0.4 is 5.32 Å². The standard InChI is InChI=1S/C53H89NO8/c1-3-5-7-9-11-12-13-14-15-16-17-18-19-20-21-22-23-24-25-26-27-28-29-30-31-32-33-34-35-36-37-39-41-43-49(57)54-46(47(56)42-40-38-10-8-6-4-2)45-61-53-52(60)51(59)50(58)48(44-55)62-53/h5,7,11-12,14-15,17-18,20-21,23-24,26-27,29-30,46-48,50-53,55-56,58-60H,3-4,6,8-10,13,16,19,22,25,28,31-45H2,1-2H3,(H,54,57)/b7-5-,12-11-,15-14-,18-17-,21-20-,24-23-,27-26-,30-29-. The highest BCUT2D eigenvalue weighted by Gasteiger charge is 2.44. The smallest absolute Gasteiger partial charge is 0.220 e. The van der Waals surface area contributed by atoms with Crippen molar-refractivity contribution in [1.82, 2.24) is 5.32 Å². The molecule has 9 heteroatoms. The number of carbonyl (C=O) groups is 1. The zero-order valence-electron chi connectivity index (χ0n) is 38.8. The minimum absolute atomic E-state index is 0.149. The van der Waals surface area contributed by atoms with E-state index in [1.165, 1.54) is 32.1 Å². The maximum absolute atomic E-state index is 12.9. The number of carbonyl (C=O) groups excluding carboxylic acids is 1. The molecule has 0 saturated carbocycles. The molecule has 1 amide bonds. The third kappa shape index (κ3) is 31.9. The van der Waals surface area contributed by atoms with Gasteiger partial charge in [0.05, 0.1) is 25.4 Å². The minimum atomic E-state index is -1.56. The van der Waals surface area contributed by atoms with Crippen molar-refractivity contribution in [1.29, 1.82) is 0 Å². The predicted molar refractivity (Wildman–Crippen MR) is 258 cm³/mol. The summed E-state index contributed by atoms with van der Waals surface area (Å²) in [6.45, 7) is 3.62. The highest BCUT2D eigenvalue weighted by molar-refractivity contribution is 5.76. The summed E-state index contributed by atoms with van der Waals surface area (Å²) in [4.78, 5) is 12.9. The van der Waals surface area contributed by atoms with Crippen LogP contribution in [0.1, 0.15) is 174 Å². The van der Waals surface area contributed by atoms with Crippen LogP contribution in [0.15, 0.2) is 97.2 Å². The third-order valence-electron chi connectivity index (χ3n) is 11.0. The van der Waals surface area contributed by atoms with Gasteiger partial charge in [-0.3, -0.25) is 4.79 Å². The van der Waals surface area contributed by atoms with Crippen LogP contribution in [0, 0.1) is 0 Å². The molecule has 0 aromatic heterocycles. The fourth-order valence-corrected chi connectivity index (χ4v) is 7.06. The summed E-state index contributed by atoms with van der Waals surface area (Å²) in [5.41, 5.74) is 0. The topological polar surface area (TPSA) is 149 Å². The number of unbranched alkanes of at least 4 members (excludes halogenated alkanes) is 13. The minimum Gasteiger partial charge on any atom is -0.394 e. The largest absolute Gasteiger partial charge is 0.394 e. The lowest BCUT2D eigenvalue weighted by atomic mass is 9.99. The Morgan fingerprint density at radius 3 is 1.48 bits per heavy atom. The van der Waals surface area contributed by atoms with E-state index in [-0.39, 0.29) is 12.5 Å². The third-order valence-corrected chi connectivity index (χ3v) is 11.0. The molecule has 9 nitrogen and oxygen atoms in total. The summed E-state index contributed by atoms with van der Waals surface area (Å²) in [7, 11) is 0. The quantitative estimate of drug-likeness (QED) is 0.0264. The first-order valence-electron chi connectivity index (χ1n) is 24.4. The first-order valence-corrected chi connectivity index (χ1v) is 24.4. The average molecular weight is 868 g/mol. The molecule has 0 spiro atoms. The molecule has 1 fully saturated rings. The van der Waals surface area contributed by atoms with Gasteiger partial charge in [-0.1, -0.05) is 188 Å². The number of hydrogen-bond donors (Lipinski definition) is 6. The van der Waals surface area contributed by atoms with Crippen molar-refractivity contribution in [2.75, 3.05) is 13.2 Å². The van der Waals surface area contributed by atoms with Crippen LogP contribution in [-0.4, -0.2) is 87.5 Å². The zero-order chi connectivity index (χ0) is 45.1. The Bertz CT molecular complexity index is 1280. The highest BCUT2D eigenvalue weighted by atomic mass is 16.7. The van der Waals surface area contributed by atoms with Gasteiger partial charge >= 0.3 is 0 Å². The van der Waals surface area contributed by atoms with Gasteiger partial charge in [0, 0.05) is 6.42 Å². The number of aliphatic hydroxyl groups excluding tert-OH is 5. The van der Waals surface area contributed by atoms with Gasteiger partial charge in [0.2, 0.25) is 5.91 Å². The molecule has 0 aromatic carbocycles. The number of ether oxygens (including phenoxy) is 2. The van der Waals surface area contributed by atoms with Crippen LogP contribution in [0.4, 0.5) is 0 Å². The first-order chi connectivity index (χ1) is 30.3. The van der Waals surface area contributed by atoms with E-state index in [1.54, 1.807) is 0 Å². The number of aliphatic hydroxyl groups is 5. The molecule has 7 atom stereocenters. The second kappa shape index (κ2) is 42.1. The molecule has 1 rings (SSSR count). The van der Waals surface area contributed by atoms with Gasteiger partial charge in [-0.05, 0) is 77.0 Å². The molecule has 0 bridgehead atoms. The van der Waals surface area contributed by atoms with E-state index in [4.69, 9.17) is 9.47 Å². The van der Waals surface area contributed by atoms with Gasteiger partial charge in [0.15, 0.2) is 6.29 Å². The summed E-state index contributed by atoms with van der Waals surface area (Å²) in [5, 5.41) is 54.0. The lowest BCUT2D eigenvalue weighted by molar-refractivity contribution is -0.302. The fourth-order valence-electron chi connectivity index (χ4n) is 7.06. The van der Waals surface area contributed by atoms with E-state index in [9.17, 15) is 30.3 Å². The van der Waals surface area contributed by atoms with Crippen molar-refractivity contribution in [2.45, 2.75) is 217 Å². The normalized spacial score (nSPS) is 21.2. The molecule has 62 heavy (non-hydrogen) atoms. The number of amides is 1. The number of nitrogens with one attached hydrogen (secondary N) is 1. The molecule has 354 valence electrons. The van der Waals surface area contributed by atoms with Crippen molar-refractivity contribution >= 4 is 5.91 Å². The van der Waals surface area contributed by atoms with Crippen LogP contribution in [0.2, 0.25) is 0 Å². The maximum Gasteiger partial charge on any atom is 0.220 e. The highest BCUT2D eigenvalue weighted by Crippen LogP contribution is 2.23. The molecule has 1 saturated heterocycles. The molecule has 0 aromatic rings. The molecule has 1 aliphatic heterocycles. The fraction of sp³-hybridized carbons (Fsp3) is 0.679. The van der Waals surface area contributed by atoms with Gasteiger partial charge in [-0.25, -0.2) is 0 Å². The van der Waals surface area contributed by atoms with Crippen molar-refractivity contribution in [3.05, 3.63) is 97.2 Å². The van der Waals surface area contributed by atoms with Crippen LogP contribution >= 0.6 is 0 Å². The van der Waals surface area contributed by atoms with Crippen LogP contribution in [0.3, 0.4) is 0 Å². The van der Waals surface area contributed by atoms with Crippen molar-refractivity contribution in [3.8, 4) is 0 Å². The maximum atomic E-state index is 12.9. The number of allylic oxidation sites excluding steroid dienone is 16. The van der Waals surface area contributed by atoms with E-state index < -0.39 is 49.5 Å². The van der Waals surface area contributed by atoms with Crippen molar-refractivity contribution in [2.24, 2.45) is 0 Å². The van der Waals surface area contributed by atoms with Crippen LogP contribution in [0.25, 0.3) is 0 Å². The Morgan fingerprint density at radius 1 is 0.565 bits per heavy atom. The Hall–Kier alpha value is -2.89. The summed E-state index contributed by atoms with van der Waals surface area (Å²) < 4.78 is 11.2. The lowest BCUT2D eigenvalue weighted by Gasteiger charge is -2.40. The molecule has 0 aliphatic carbocycles. The van der Waals surface area contributed by atoms with Crippen molar-refractivity contribution in [3.63, 3.8) is 0 Å². The molecule has 1 heterocycles. The monoisotopic (exact) mass is 868 g/mol. The van der Waals surface area contributed by atoms with Crippen LogP contribution in [-0.2, 0) is 14.3 Å². The molecular weight excluding hydrogens is 779 g/mol. The molecule has 1 aliphatic rings. The Labute approximate surface area is 377 Å². The lowest BCUT2D eigenvalue weighted by Crippen LogP contribution is -2.60. The Kier molecular flexibility index (Phi) is 38.8. The Balaban J connectivity index is 2.13. The Morgan fingerprint density at radius 2 is 1.00 bits per heavy atom. The van der Waals surface area contributed by atoms with Gasteiger partial charge in [0.1, 0.15) is 24.4 Å². The number of rotatable bonds is 39. The predicted octanol–water partition coefficient (Wildman–Crippen LogP) is 10.9. The van der Waals surface area contributed by atoms with E-state index in [0.717, 1.165) is 116 Å². The SMILES string of the molecule is CC/C=C\C/C=C\C/C=C\C/C=C\C/C=C\C/C=C\C/C=C\C/C=C\CCCCCCCCCCC(=O)NC(COC1OC(CO)C(O)C(O)C1O)C(O)CCCCCCCC. The first kappa shape index (κ1) is 57.1. The van der Waals surface area contributed by atoms with E-state index in [0.29, 0.717) is 12.8 Å². The van der Waals surface area contributed by atoms with Gasteiger partial charge in [-0.2, -0.15) is 0 Å². The van der Waals surface area contributed by atoms with E-state index in [1.807, 2.05) is 0 Å². The average Bonchev–Trinajstić information content (AvgIpc) is 3.27. The van der Waals surface area contributed by atoms with Crippen molar-refractivity contribution < 1.29 is 39.8 Å². The van der Waals surface area contributed by atoms with Gasteiger partial charge in [-0.15, -0.1) is 0 Å². The molecule has 6 N–H and O–H groups in total. The summed E-state index contributed by atoms with van der Waals surface area (Å²) in [6, 6.07) is -0.726. The van der Waals surface area contributed by atoms with Gasteiger partial charge < -0.3 is 40.3 Å². The second-order valence-electron chi connectivity index (χ2n) is 16.5. The van der Waals surface area contributed by atoms with E-state index >= 15 is 0 Å². The van der Waals surface area contributed by atoms with Crippen LogP contribution in [0.5, 0.6) is 0 Å². The molecule has 0 radical (unpaired) electrons. The summed E-state index contributed by atoms with van der Waals surface area (Å²) >= 11 is 0. The molecular formula is C53H89NO8. The summed E-state index contributed by atoms with van der Waals surface area (Å²) in [5.74, 6) is -0.164.